The van der Waals surface area contributed by atoms with E-state index in [0.717, 1.165) is 0 Å². The summed E-state index contributed by atoms with van der Waals surface area (Å²) in [7, 11) is 0. The third-order valence-corrected chi connectivity index (χ3v) is 1.98. The SMILES string of the molecule is O=C([O-])CCC(=O)Nc1ccccc1C(=O)[O-]. The van der Waals surface area contributed by atoms with Gasteiger partial charge in [-0.15, -0.1) is 0 Å². The minimum atomic E-state index is -1.42. The quantitative estimate of drug-likeness (QED) is 0.669. The Morgan fingerprint density at radius 2 is 1.71 bits per heavy atom. The number of carbonyl (C=O) groups is 3. The van der Waals surface area contributed by atoms with E-state index in [2.05, 4.69) is 5.32 Å². The van der Waals surface area contributed by atoms with Crippen LogP contribution in [0, 0.1) is 0 Å². The average molecular weight is 235 g/mol. The highest BCUT2D eigenvalue weighted by Gasteiger charge is 2.06. The van der Waals surface area contributed by atoms with E-state index in [4.69, 9.17) is 0 Å². The van der Waals surface area contributed by atoms with Crippen molar-refractivity contribution in [2.45, 2.75) is 12.8 Å². The van der Waals surface area contributed by atoms with Crippen LogP contribution in [0.15, 0.2) is 24.3 Å². The first-order valence-electron chi connectivity index (χ1n) is 4.81. The number of carboxylic acid groups (broad SMARTS) is 2. The lowest BCUT2D eigenvalue weighted by Gasteiger charge is -2.11. The molecule has 1 aromatic rings. The fraction of sp³-hybridized carbons (Fsp3) is 0.182. The van der Waals surface area contributed by atoms with Crippen molar-refractivity contribution >= 4 is 23.5 Å². The van der Waals surface area contributed by atoms with E-state index >= 15 is 0 Å². The van der Waals surface area contributed by atoms with Gasteiger partial charge in [-0.2, -0.15) is 0 Å². The fourth-order valence-electron chi connectivity index (χ4n) is 1.20. The number of benzene rings is 1. The maximum Gasteiger partial charge on any atom is 0.224 e. The third kappa shape index (κ3) is 3.94. The molecule has 0 heterocycles. The number of nitrogens with one attached hydrogen (secondary N) is 1. The number of aromatic carboxylic acids is 1. The van der Waals surface area contributed by atoms with Gasteiger partial charge >= 0.3 is 0 Å². The van der Waals surface area contributed by atoms with Gasteiger partial charge in [0.2, 0.25) is 5.91 Å². The van der Waals surface area contributed by atoms with Crippen molar-refractivity contribution in [3.63, 3.8) is 0 Å². The summed E-state index contributed by atoms with van der Waals surface area (Å²) in [6.07, 6.45) is -0.691. The predicted octanol–water partition coefficient (Wildman–Crippen LogP) is -1.48. The number of hydrogen-bond donors (Lipinski definition) is 1. The monoisotopic (exact) mass is 235 g/mol. The van der Waals surface area contributed by atoms with Crippen molar-refractivity contribution in [1.29, 1.82) is 0 Å². The second kappa shape index (κ2) is 5.64. The van der Waals surface area contributed by atoms with Crippen molar-refractivity contribution in [2.75, 3.05) is 5.32 Å². The molecule has 0 saturated carbocycles. The summed E-state index contributed by atoms with van der Waals surface area (Å²) in [6, 6.07) is 5.70. The summed E-state index contributed by atoms with van der Waals surface area (Å²) in [5.41, 5.74) is -0.0786. The molecule has 1 rings (SSSR count). The molecule has 0 radical (unpaired) electrons. The van der Waals surface area contributed by atoms with Crippen LogP contribution in [0.5, 0.6) is 0 Å². The molecule has 6 nitrogen and oxygen atoms in total. The lowest BCUT2D eigenvalue weighted by atomic mass is 10.1. The molecule has 0 aliphatic carbocycles. The standard InChI is InChI=1S/C11H11NO5/c13-9(5-6-10(14)15)12-8-4-2-1-3-7(8)11(16)17/h1-4H,5-6H2,(H,12,13)(H,14,15)(H,16,17)/p-2. The lowest BCUT2D eigenvalue weighted by Crippen LogP contribution is -2.26. The molecule has 90 valence electrons. The smallest absolute Gasteiger partial charge is 0.224 e. The van der Waals surface area contributed by atoms with Gasteiger partial charge in [0.05, 0.1) is 5.97 Å². The minimum absolute atomic E-state index is 0.0795. The molecule has 0 fully saturated rings. The highest BCUT2D eigenvalue weighted by atomic mass is 16.4. The number of hydrogen-bond acceptors (Lipinski definition) is 5. The van der Waals surface area contributed by atoms with E-state index in [1.54, 1.807) is 6.07 Å². The second-order valence-electron chi connectivity index (χ2n) is 3.25. The van der Waals surface area contributed by atoms with Crippen LogP contribution in [0.1, 0.15) is 23.2 Å². The predicted molar refractivity (Wildman–Crippen MR) is 53.6 cm³/mol. The zero-order valence-corrected chi connectivity index (χ0v) is 8.76. The van der Waals surface area contributed by atoms with Crippen LogP contribution < -0.4 is 15.5 Å². The van der Waals surface area contributed by atoms with Crippen molar-refractivity contribution in [3.8, 4) is 0 Å². The van der Waals surface area contributed by atoms with Crippen LogP contribution in [0.3, 0.4) is 0 Å². The molecule has 0 spiro atoms. The van der Waals surface area contributed by atoms with Crippen LogP contribution in [-0.4, -0.2) is 17.8 Å². The van der Waals surface area contributed by atoms with E-state index in [-0.39, 0.29) is 17.7 Å². The van der Waals surface area contributed by atoms with Crippen molar-refractivity contribution in [1.82, 2.24) is 0 Å². The Morgan fingerprint density at radius 1 is 1.06 bits per heavy atom. The number of carboxylic acids is 2. The molecule has 0 unspecified atom stereocenters. The number of para-hydroxylation sites is 1. The van der Waals surface area contributed by atoms with E-state index in [9.17, 15) is 24.6 Å². The number of aliphatic carboxylic acids is 1. The molecule has 0 aliphatic heterocycles. The minimum Gasteiger partial charge on any atom is -0.550 e. The Labute approximate surface area is 96.9 Å². The maximum atomic E-state index is 11.3. The lowest BCUT2D eigenvalue weighted by molar-refractivity contribution is -0.305. The third-order valence-electron chi connectivity index (χ3n) is 1.98. The number of carbonyl (C=O) groups excluding carboxylic acids is 3. The van der Waals surface area contributed by atoms with E-state index < -0.39 is 24.3 Å². The zero-order valence-electron chi connectivity index (χ0n) is 8.76. The zero-order chi connectivity index (χ0) is 12.8. The van der Waals surface area contributed by atoms with E-state index in [1.165, 1.54) is 18.2 Å². The molecule has 6 heteroatoms. The second-order valence-corrected chi connectivity index (χ2v) is 3.25. The molecule has 1 amide bonds. The van der Waals surface area contributed by atoms with E-state index in [0.29, 0.717) is 0 Å². The Hall–Kier alpha value is -2.37. The van der Waals surface area contributed by atoms with Gasteiger partial charge in [0.1, 0.15) is 0 Å². The van der Waals surface area contributed by atoms with Crippen LogP contribution in [-0.2, 0) is 9.59 Å². The maximum absolute atomic E-state index is 11.3. The van der Waals surface area contributed by atoms with Crippen molar-refractivity contribution in [3.05, 3.63) is 29.8 Å². The topological polar surface area (TPSA) is 109 Å². The largest absolute Gasteiger partial charge is 0.550 e. The molecule has 1 aromatic carbocycles. The normalized spacial score (nSPS) is 9.65. The highest BCUT2D eigenvalue weighted by molar-refractivity contribution is 6.00. The van der Waals surface area contributed by atoms with E-state index in [1.807, 2.05) is 0 Å². The molecule has 0 atom stereocenters. The molecule has 1 N–H and O–H groups in total. The summed E-state index contributed by atoms with van der Waals surface area (Å²) < 4.78 is 0. The van der Waals surface area contributed by atoms with Gasteiger partial charge in [-0.3, -0.25) is 4.79 Å². The molecule has 0 bridgehead atoms. The first-order valence-corrected chi connectivity index (χ1v) is 4.81. The van der Waals surface area contributed by atoms with Crippen LogP contribution in [0.4, 0.5) is 5.69 Å². The first kappa shape index (κ1) is 12.7. The van der Waals surface area contributed by atoms with Gasteiger partial charge < -0.3 is 25.1 Å². The van der Waals surface area contributed by atoms with Gasteiger partial charge in [0.25, 0.3) is 0 Å². The van der Waals surface area contributed by atoms with Crippen molar-refractivity contribution < 1.29 is 24.6 Å². The van der Waals surface area contributed by atoms with Crippen LogP contribution >= 0.6 is 0 Å². The van der Waals surface area contributed by atoms with Gasteiger partial charge in [-0.05, 0) is 12.5 Å². The number of rotatable bonds is 5. The summed E-state index contributed by atoms with van der Waals surface area (Å²) in [6.45, 7) is 0. The molecule has 0 aromatic heterocycles. The number of amides is 1. The van der Waals surface area contributed by atoms with Gasteiger partial charge in [-0.1, -0.05) is 18.2 Å². The van der Waals surface area contributed by atoms with Crippen molar-refractivity contribution in [2.24, 2.45) is 0 Å². The highest BCUT2D eigenvalue weighted by Crippen LogP contribution is 2.14. The molecule has 0 saturated heterocycles. The summed E-state index contributed by atoms with van der Waals surface area (Å²) in [4.78, 5) is 32.1. The molecular weight excluding hydrogens is 226 g/mol. The van der Waals surface area contributed by atoms with Crippen LogP contribution in [0.2, 0.25) is 0 Å². The van der Waals surface area contributed by atoms with Crippen LogP contribution in [0.25, 0.3) is 0 Å². The van der Waals surface area contributed by atoms with Gasteiger partial charge in [0, 0.05) is 23.6 Å². The Kier molecular flexibility index (Phi) is 4.21. The summed E-state index contributed by atoms with van der Waals surface area (Å²) in [5.74, 6) is -3.35. The molecule has 17 heavy (non-hydrogen) atoms. The Bertz CT molecular complexity index is 455. The Balaban J connectivity index is 2.71. The van der Waals surface area contributed by atoms with Gasteiger partial charge in [-0.25, -0.2) is 0 Å². The number of anilines is 1. The molecular formula is C11H9NO5-2. The summed E-state index contributed by atoms with van der Waals surface area (Å²) in [5, 5.41) is 23.1. The summed E-state index contributed by atoms with van der Waals surface area (Å²) >= 11 is 0. The first-order chi connectivity index (χ1) is 8.00. The fourth-order valence-corrected chi connectivity index (χ4v) is 1.20. The molecule has 0 aliphatic rings. The average Bonchev–Trinajstić information content (AvgIpc) is 2.27. The Morgan fingerprint density at radius 3 is 2.29 bits per heavy atom. The van der Waals surface area contributed by atoms with Gasteiger partial charge in [0.15, 0.2) is 0 Å².